The van der Waals surface area contributed by atoms with Crippen LogP contribution in [0.5, 0.6) is 0 Å². The quantitative estimate of drug-likeness (QED) is 0.789. The Morgan fingerprint density at radius 1 is 1.14 bits per heavy atom. The fourth-order valence-electron chi connectivity index (χ4n) is 2.33. The van der Waals surface area contributed by atoms with Crippen molar-refractivity contribution in [3.63, 3.8) is 0 Å². The second kappa shape index (κ2) is 5.55. The SMILES string of the molecule is N#Cc1cccc(NC(=O)Nc2ccc3c(c2)NCC3)c1. The molecule has 2 amide bonds. The number of fused-ring (bicyclic) bond motifs is 1. The zero-order valence-corrected chi connectivity index (χ0v) is 11.3. The topological polar surface area (TPSA) is 77.0 Å². The van der Waals surface area contributed by atoms with Gasteiger partial charge >= 0.3 is 6.03 Å². The van der Waals surface area contributed by atoms with Crippen molar-refractivity contribution < 1.29 is 4.79 Å². The molecule has 1 aliphatic heterocycles. The number of carbonyl (C=O) groups is 1. The first-order valence-corrected chi connectivity index (χ1v) is 6.69. The number of anilines is 3. The Labute approximate surface area is 122 Å². The minimum absolute atomic E-state index is 0.331. The normalized spacial score (nSPS) is 12.0. The summed E-state index contributed by atoms with van der Waals surface area (Å²) in [5.74, 6) is 0. The summed E-state index contributed by atoms with van der Waals surface area (Å²) < 4.78 is 0. The third-order valence-corrected chi connectivity index (χ3v) is 3.33. The molecule has 21 heavy (non-hydrogen) atoms. The van der Waals surface area contributed by atoms with Crippen molar-refractivity contribution in [1.29, 1.82) is 5.26 Å². The summed E-state index contributed by atoms with van der Waals surface area (Å²) in [6.45, 7) is 0.936. The van der Waals surface area contributed by atoms with Crippen LogP contribution in [-0.4, -0.2) is 12.6 Å². The molecule has 0 aromatic heterocycles. The molecule has 1 heterocycles. The van der Waals surface area contributed by atoms with Crippen molar-refractivity contribution in [3.05, 3.63) is 53.6 Å². The van der Waals surface area contributed by atoms with E-state index in [-0.39, 0.29) is 6.03 Å². The highest BCUT2D eigenvalue weighted by Gasteiger charge is 2.11. The summed E-state index contributed by atoms with van der Waals surface area (Å²) >= 11 is 0. The monoisotopic (exact) mass is 278 g/mol. The number of carbonyl (C=O) groups excluding carboxylic acids is 1. The van der Waals surface area contributed by atoms with Gasteiger partial charge in [0.2, 0.25) is 0 Å². The number of urea groups is 1. The van der Waals surface area contributed by atoms with Crippen LogP contribution in [0.15, 0.2) is 42.5 Å². The molecule has 0 bridgehead atoms. The predicted octanol–water partition coefficient (Wildman–Crippen LogP) is 3.17. The van der Waals surface area contributed by atoms with Crippen LogP contribution in [0.1, 0.15) is 11.1 Å². The van der Waals surface area contributed by atoms with E-state index >= 15 is 0 Å². The predicted molar refractivity (Wildman–Crippen MR) is 82.4 cm³/mol. The van der Waals surface area contributed by atoms with Crippen molar-refractivity contribution in [3.8, 4) is 6.07 Å². The molecule has 3 rings (SSSR count). The Kier molecular flexibility index (Phi) is 3.44. The van der Waals surface area contributed by atoms with Gasteiger partial charge in [0.25, 0.3) is 0 Å². The summed E-state index contributed by atoms with van der Waals surface area (Å²) in [5, 5.41) is 17.6. The van der Waals surface area contributed by atoms with Gasteiger partial charge in [-0.25, -0.2) is 4.79 Å². The molecule has 1 aliphatic rings. The summed E-state index contributed by atoms with van der Waals surface area (Å²) in [6, 6.07) is 14.3. The fourth-order valence-corrected chi connectivity index (χ4v) is 2.33. The molecule has 0 fully saturated rings. The van der Waals surface area contributed by atoms with Crippen LogP contribution in [0.4, 0.5) is 21.9 Å². The highest BCUT2D eigenvalue weighted by atomic mass is 16.2. The van der Waals surface area contributed by atoms with E-state index in [0.29, 0.717) is 11.3 Å². The number of nitrogens with zero attached hydrogens (tertiary/aromatic N) is 1. The van der Waals surface area contributed by atoms with Crippen LogP contribution in [0.3, 0.4) is 0 Å². The van der Waals surface area contributed by atoms with Gasteiger partial charge in [0.15, 0.2) is 0 Å². The lowest BCUT2D eigenvalue weighted by Gasteiger charge is -2.09. The second-order valence-electron chi connectivity index (χ2n) is 4.82. The Bertz CT molecular complexity index is 733. The average molecular weight is 278 g/mol. The zero-order valence-electron chi connectivity index (χ0n) is 11.3. The van der Waals surface area contributed by atoms with Crippen LogP contribution < -0.4 is 16.0 Å². The highest BCUT2D eigenvalue weighted by molar-refractivity contribution is 6.00. The smallest absolute Gasteiger partial charge is 0.323 e. The van der Waals surface area contributed by atoms with Crippen molar-refractivity contribution in [2.24, 2.45) is 0 Å². The van der Waals surface area contributed by atoms with E-state index in [0.717, 1.165) is 24.3 Å². The lowest BCUT2D eigenvalue weighted by Crippen LogP contribution is -2.19. The summed E-state index contributed by atoms with van der Waals surface area (Å²) in [6.07, 6.45) is 1.02. The van der Waals surface area contributed by atoms with E-state index in [9.17, 15) is 4.79 Å². The summed E-state index contributed by atoms with van der Waals surface area (Å²) in [4.78, 5) is 12.0. The summed E-state index contributed by atoms with van der Waals surface area (Å²) in [5.41, 5.74) is 4.17. The van der Waals surface area contributed by atoms with Gasteiger partial charge in [0.05, 0.1) is 11.6 Å². The van der Waals surface area contributed by atoms with Crippen molar-refractivity contribution in [2.45, 2.75) is 6.42 Å². The number of amides is 2. The van der Waals surface area contributed by atoms with Crippen LogP contribution in [0, 0.1) is 11.3 Å². The highest BCUT2D eigenvalue weighted by Crippen LogP contribution is 2.25. The molecule has 5 heteroatoms. The number of benzene rings is 2. The molecule has 0 unspecified atom stereocenters. The van der Waals surface area contributed by atoms with E-state index in [1.807, 2.05) is 24.3 Å². The molecule has 2 aromatic rings. The van der Waals surface area contributed by atoms with Gasteiger partial charge in [-0.15, -0.1) is 0 Å². The number of hydrogen-bond donors (Lipinski definition) is 3. The lowest BCUT2D eigenvalue weighted by atomic mass is 10.1. The van der Waals surface area contributed by atoms with E-state index in [4.69, 9.17) is 5.26 Å². The maximum Gasteiger partial charge on any atom is 0.323 e. The maximum absolute atomic E-state index is 12.0. The zero-order chi connectivity index (χ0) is 14.7. The van der Waals surface area contributed by atoms with Crippen LogP contribution in [-0.2, 0) is 6.42 Å². The second-order valence-corrected chi connectivity index (χ2v) is 4.82. The minimum atomic E-state index is -0.331. The summed E-state index contributed by atoms with van der Waals surface area (Å²) in [7, 11) is 0. The Morgan fingerprint density at radius 3 is 2.76 bits per heavy atom. The molecule has 0 saturated heterocycles. The Morgan fingerprint density at radius 2 is 1.95 bits per heavy atom. The van der Waals surface area contributed by atoms with Gasteiger partial charge in [-0.1, -0.05) is 12.1 Å². The average Bonchev–Trinajstić information content (AvgIpc) is 2.95. The van der Waals surface area contributed by atoms with Gasteiger partial charge in [-0.3, -0.25) is 0 Å². The molecule has 0 atom stereocenters. The third-order valence-electron chi connectivity index (χ3n) is 3.33. The molecule has 0 spiro atoms. The van der Waals surface area contributed by atoms with E-state index in [1.165, 1.54) is 5.56 Å². The van der Waals surface area contributed by atoms with Gasteiger partial charge in [-0.2, -0.15) is 5.26 Å². The van der Waals surface area contributed by atoms with Crippen molar-refractivity contribution in [1.82, 2.24) is 0 Å². The van der Waals surface area contributed by atoms with Crippen molar-refractivity contribution in [2.75, 3.05) is 22.5 Å². The molecular weight excluding hydrogens is 264 g/mol. The molecule has 5 nitrogen and oxygen atoms in total. The Balaban J connectivity index is 1.67. The number of nitriles is 1. The molecule has 104 valence electrons. The van der Waals surface area contributed by atoms with Crippen LogP contribution in [0.2, 0.25) is 0 Å². The lowest BCUT2D eigenvalue weighted by molar-refractivity contribution is 0.262. The molecule has 0 aliphatic carbocycles. The van der Waals surface area contributed by atoms with Gasteiger partial charge < -0.3 is 16.0 Å². The Hall–Kier alpha value is -3.00. The maximum atomic E-state index is 12.0. The van der Waals surface area contributed by atoms with E-state index in [2.05, 4.69) is 16.0 Å². The standard InChI is InChI=1S/C16H14N4O/c17-10-11-2-1-3-13(8-11)19-16(21)20-14-5-4-12-6-7-18-15(12)9-14/h1-5,8-9,18H,6-7H2,(H2,19,20,21). The number of hydrogen-bond acceptors (Lipinski definition) is 3. The first-order chi connectivity index (χ1) is 10.2. The largest absolute Gasteiger partial charge is 0.384 e. The third kappa shape index (κ3) is 2.95. The number of nitrogens with one attached hydrogen (secondary N) is 3. The molecule has 2 aromatic carbocycles. The van der Waals surface area contributed by atoms with E-state index < -0.39 is 0 Å². The first-order valence-electron chi connectivity index (χ1n) is 6.69. The van der Waals surface area contributed by atoms with Crippen LogP contribution in [0.25, 0.3) is 0 Å². The molecule has 0 radical (unpaired) electrons. The van der Waals surface area contributed by atoms with Gasteiger partial charge in [-0.05, 0) is 42.3 Å². The minimum Gasteiger partial charge on any atom is -0.384 e. The van der Waals surface area contributed by atoms with Crippen LogP contribution >= 0.6 is 0 Å². The van der Waals surface area contributed by atoms with Gasteiger partial charge in [0.1, 0.15) is 0 Å². The fraction of sp³-hybridized carbons (Fsp3) is 0.125. The molecule has 0 saturated carbocycles. The first kappa shape index (κ1) is 13.0. The van der Waals surface area contributed by atoms with Crippen molar-refractivity contribution >= 4 is 23.1 Å². The molecular formula is C16H14N4O. The van der Waals surface area contributed by atoms with E-state index in [1.54, 1.807) is 24.3 Å². The van der Waals surface area contributed by atoms with Gasteiger partial charge in [0, 0.05) is 23.6 Å². The molecule has 3 N–H and O–H groups in total. The number of rotatable bonds is 2.